The predicted octanol–water partition coefficient (Wildman–Crippen LogP) is 3.82. The Hall–Kier alpha value is -0.480. The molecule has 0 fully saturated rings. The molecule has 14 heavy (non-hydrogen) atoms. The summed E-state index contributed by atoms with van der Waals surface area (Å²) >= 11 is 7.62. The third-order valence-electron chi connectivity index (χ3n) is 1.62. The zero-order valence-corrected chi connectivity index (χ0v) is 9.49. The van der Waals surface area contributed by atoms with E-state index in [0.29, 0.717) is 5.56 Å². The Balaban J connectivity index is 3.19. The molecule has 0 aliphatic carbocycles. The van der Waals surface area contributed by atoms with Gasteiger partial charge in [-0.25, -0.2) is 0 Å². The second-order valence-corrected chi connectivity index (χ2v) is 4.21. The number of carbonyl (C=O) groups excluding carboxylic acids is 1. The van der Waals surface area contributed by atoms with Crippen LogP contribution in [-0.4, -0.2) is 10.6 Å². The van der Waals surface area contributed by atoms with E-state index in [2.05, 4.69) is 0 Å². The molecule has 0 spiro atoms. The zero-order chi connectivity index (χ0) is 10.9. The summed E-state index contributed by atoms with van der Waals surface area (Å²) in [7, 11) is 0. The molecule has 5 heteroatoms. The summed E-state index contributed by atoms with van der Waals surface area (Å²) in [6.45, 7) is 1.69. The van der Waals surface area contributed by atoms with Gasteiger partial charge in [-0.15, -0.1) is 0 Å². The fourth-order valence-electron chi connectivity index (χ4n) is 0.966. The van der Waals surface area contributed by atoms with Gasteiger partial charge < -0.3 is 0 Å². The molecule has 0 heterocycles. The monoisotopic (exact) mass is 282 g/mol. The lowest BCUT2D eigenvalue weighted by atomic mass is 10.1. The van der Waals surface area contributed by atoms with Crippen molar-refractivity contribution in [3.8, 4) is 0 Å². The van der Waals surface area contributed by atoms with E-state index in [-0.39, 0.29) is 10.6 Å². The van der Waals surface area contributed by atoms with Crippen LogP contribution in [0.25, 0.3) is 0 Å². The zero-order valence-electron chi connectivity index (χ0n) is 7.15. The SMILES string of the molecule is Cc1ccc(Cl)c(C(=O)C(F)(F)Br)c1. The Bertz CT molecular complexity index is 374. The van der Waals surface area contributed by atoms with Crippen LogP contribution in [0.3, 0.4) is 0 Å². The molecule has 1 aromatic rings. The molecule has 1 nitrogen and oxygen atoms in total. The normalized spacial score (nSPS) is 11.5. The van der Waals surface area contributed by atoms with E-state index in [1.165, 1.54) is 12.1 Å². The molecule has 0 saturated carbocycles. The molecular formula is C9H6BrClF2O. The highest BCUT2D eigenvalue weighted by atomic mass is 79.9. The molecule has 1 rings (SSSR count). The van der Waals surface area contributed by atoms with E-state index in [1.807, 2.05) is 15.9 Å². The Labute approximate surface area is 93.2 Å². The molecule has 0 aliphatic heterocycles. The number of hydrogen-bond donors (Lipinski definition) is 0. The third kappa shape index (κ3) is 2.51. The number of ketones is 1. The summed E-state index contributed by atoms with van der Waals surface area (Å²) in [6.07, 6.45) is 0. The molecule has 76 valence electrons. The fourth-order valence-corrected chi connectivity index (χ4v) is 1.38. The van der Waals surface area contributed by atoms with Crippen molar-refractivity contribution in [2.45, 2.75) is 11.8 Å². The molecule has 0 amide bonds. The average molecular weight is 283 g/mol. The van der Waals surface area contributed by atoms with Gasteiger partial charge in [-0.2, -0.15) is 8.78 Å². The topological polar surface area (TPSA) is 17.1 Å². The Kier molecular flexibility index (Phi) is 3.27. The fraction of sp³-hybridized carbons (Fsp3) is 0.222. The Morgan fingerprint density at radius 2 is 2.07 bits per heavy atom. The predicted molar refractivity (Wildman–Crippen MR) is 54.4 cm³/mol. The molecular weight excluding hydrogens is 277 g/mol. The second-order valence-electron chi connectivity index (χ2n) is 2.81. The standard InChI is InChI=1S/C9H6BrClF2O/c1-5-2-3-7(11)6(4-5)8(14)9(10,12)13/h2-4H,1H3. The summed E-state index contributed by atoms with van der Waals surface area (Å²) in [5.74, 6) is -1.33. The second kappa shape index (κ2) is 3.95. The van der Waals surface area contributed by atoms with Crippen LogP contribution >= 0.6 is 27.5 Å². The highest BCUT2D eigenvalue weighted by Gasteiger charge is 2.36. The maximum Gasteiger partial charge on any atom is 0.363 e. The number of benzene rings is 1. The summed E-state index contributed by atoms with van der Waals surface area (Å²) in [5.41, 5.74) is 0.531. The maximum atomic E-state index is 12.6. The summed E-state index contributed by atoms with van der Waals surface area (Å²) in [5, 5.41) is 0.0275. The number of rotatable bonds is 2. The van der Waals surface area contributed by atoms with Crippen LogP contribution in [0.5, 0.6) is 0 Å². The van der Waals surface area contributed by atoms with Gasteiger partial charge in [0.25, 0.3) is 0 Å². The number of carbonyl (C=O) groups is 1. The molecule has 0 unspecified atom stereocenters. The summed E-state index contributed by atoms with van der Waals surface area (Å²) in [4.78, 5) is 7.59. The van der Waals surface area contributed by atoms with Crippen molar-refractivity contribution in [2.75, 3.05) is 0 Å². The third-order valence-corrected chi connectivity index (χ3v) is 2.31. The molecule has 0 aliphatic rings. The van der Waals surface area contributed by atoms with Gasteiger partial charge in [0.15, 0.2) is 0 Å². The first-order valence-corrected chi connectivity index (χ1v) is 4.87. The van der Waals surface area contributed by atoms with Crippen LogP contribution in [-0.2, 0) is 0 Å². The van der Waals surface area contributed by atoms with Gasteiger partial charge in [-0.3, -0.25) is 4.79 Å². The molecule has 0 bridgehead atoms. The molecule has 0 saturated heterocycles. The minimum atomic E-state index is -3.57. The van der Waals surface area contributed by atoms with Crippen molar-refractivity contribution in [3.63, 3.8) is 0 Å². The highest BCUT2D eigenvalue weighted by molar-refractivity contribution is 9.10. The first kappa shape index (κ1) is 11.6. The number of aryl methyl sites for hydroxylation is 1. The van der Waals surface area contributed by atoms with E-state index in [0.717, 1.165) is 0 Å². The number of halogens is 4. The number of Topliss-reactive ketones (excluding diaryl/α,β-unsaturated/α-hetero) is 1. The Morgan fingerprint density at radius 3 is 2.57 bits per heavy atom. The van der Waals surface area contributed by atoms with Gasteiger partial charge in [0.2, 0.25) is 5.78 Å². The Morgan fingerprint density at radius 1 is 1.50 bits per heavy atom. The van der Waals surface area contributed by atoms with E-state index >= 15 is 0 Å². The van der Waals surface area contributed by atoms with E-state index in [9.17, 15) is 13.6 Å². The minimum absolute atomic E-state index is 0.0275. The van der Waals surface area contributed by atoms with Crippen molar-refractivity contribution in [3.05, 3.63) is 34.3 Å². The lowest BCUT2D eigenvalue weighted by Gasteiger charge is -2.08. The van der Waals surface area contributed by atoms with Crippen LogP contribution in [0.2, 0.25) is 5.02 Å². The largest absolute Gasteiger partial charge is 0.363 e. The van der Waals surface area contributed by atoms with Crippen LogP contribution in [0.1, 0.15) is 15.9 Å². The average Bonchev–Trinajstić information content (AvgIpc) is 2.06. The van der Waals surface area contributed by atoms with Gasteiger partial charge in [0, 0.05) is 5.56 Å². The lowest BCUT2D eigenvalue weighted by Crippen LogP contribution is -2.21. The van der Waals surface area contributed by atoms with Crippen LogP contribution in [0, 0.1) is 6.92 Å². The first-order chi connectivity index (χ1) is 6.32. The van der Waals surface area contributed by atoms with Crippen molar-refractivity contribution in [1.29, 1.82) is 0 Å². The van der Waals surface area contributed by atoms with E-state index in [4.69, 9.17) is 11.6 Å². The summed E-state index contributed by atoms with van der Waals surface area (Å²) in [6, 6.07) is 4.40. The van der Waals surface area contributed by atoms with Crippen molar-refractivity contribution < 1.29 is 13.6 Å². The first-order valence-electron chi connectivity index (χ1n) is 3.70. The number of hydrogen-bond acceptors (Lipinski definition) is 1. The van der Waals surface area contributed by atoms with Crippen LogP contribution < -0.4 is 0 Å². The van der Waals surface area contributed by atoms with Crippen LogP contribution in [0.4, 0.5) is 8.78 Å². The summed E-state index contributed by atoms with van der Waals surface area (Å²) < 4.78 is 25.2. The van der Waals surface area contributed by atoms with Gasteiger partial charge in [-0.05, 0) is 35.0 Å². The van der Waals surface area contributed by atoms with Gasteiger partial charge in [-0.1, -0.05) is 23.2 Å². The molecule has 0 atom stereocenters. The van der Waals surface area contributed by atoms with Crippen LogP contribution in [0.15, 0.2) is 18.2 Å². The van der Waals surface area contributed by atoms with Gasteiger partial charge in [0.05, 0.1) is 5.02 Å². The minimum Gasteiger partial charge on any atom is -0.286 e. The van der Waals surface area contributed by atoms with Crippen molar-refractivity contribution in [2.24, 2.45) is 0 Å². The molecule has 0 radical (unpaired) electrons. The van der Waals surface area contributed by atoms with Crippen molar-refractivity contribution >= 4 is 33.3 Å². The van der Waals surface area contributed by atoms with E-state index in [1.54, 1.807) is 13.0 Å². The molecule has 0 aromatic heterocycles. The van der Waals surface area contributed by atoms with Crippen molar-refractivity contribution in [1.82, 2.24) is 0 Å². The lowest BCUT2D eigenvalue weighted by molar-refractivity contribution is 0.0592. The quantitative estimate of drug-likeness (QED) is 0.596. The molecule has 0 N–H and O–H groups in total. The number of alkyl halides is 3. The smallest absolute Gasteiger partial charge is 0.286 e. The van der Waals surface area contributed by atoms with Gasteiger partial charge in [0.1, 0.15) is 0 Å². The molecule has 1 aromatic carbocycles. The van der Waals surface area contributed by atoms with E-state index < -0.39 is 10.6 Å². The van der Waals surface area contributed by atoms with Gasteiger partial charge >= 0.3 is 4.83 Å². The maximum absolute atomic E-state index is 12.6. The highest BCUT2D eigenvalue weighted by Crippen LogP contribution is 2.30.